The van der Waals surface area contributed by atoms with Gasteiger partial charge in [0.15, 0.2) is 11.5 Å². The number of nitrogens with zero attached hydrogens (tertiary/aromatic N) is 3. The van der Waals surface area contributed by atoms with Crippen molar-refractivity contribution in [3.05, 3.63) is 29.5 Å². The van der Waals surface area contributed by atoms with Crippen molar-refractivity contribution in [2.45, 2.75) is 38.5 Å². The highest BCUT2D eigenvalue weighted by molar-refractivity contribution is 5.95. The first-order valence-electron chi connectivity index (χ1n) is 9.41. The molecule has 1 aromatic heterocycles. The average Bonchev–Trinajstić information content (AvgIpc) is 3.22. The number of benzene rings is 1. The van der Waals surface area contributed by atoms with Crippen LogP contribution in [0.2, 0.25) is 0 Å². The summed E-state index contributed by atoms with van der Waals surface area (Å²) in [7, 11) is 4.61. The molecule has 0 bridgehead atoms. The molecule has 0 unspecified atom stereocenters. The molecule has 0 atom stereocenters. The fourth-order valence-electron chi connectivity index (χ4n) is 3.36. The smallest absolute Gasteiger partial charge is 0.254 e. The summed E-state index contributed by atoms with van der Waals surface area (Å²) in [5.74, 6) is 3.06. The molecule has 0 saturated carbocycles. The Bertz CT molecular complexity index is 800. The summed E-state index contributed by atoms with van der Waals surface area (Å²) in [4.78, 5) is 14.8. The van der Waals surface area contributed by atoms with E-state index in [0.29, 0.717) is 47.7 Å². The lowest BCUT2D eigenvalue weighted by Crippen LogP contribution is -2.38. The largest absolute Gasteiger partial charge is 0.493 e. The number of carbonyl (C=O) groups is 1. The lowest BCUT2D eigenvalue weighted by atomic mass is 9.96. The third kappa shape index (κ3) is 3.90. The van der Waals surface area contributed by atoms with Gasteiger partial charge in [-0.15, -0.1) is 10.2 Å². The fraction of sp³-hybridized carbons (Fsp3) is 0.550. The summed E-state index contributed by atoms with van der Waals surface area (Å²) in [5.41, 5.74) is 0.507. The summed E-state index contributed by atoms with van der Waals surface area (Å²) >= 11 is 0. The minimum Gasteiger partial charge on any atom is -0.493 e. The molecule has 1 aliphatic rings. The van der Waals surface area contributed by atoms with Crippen molar-refractivity contribution in [3.8, 4) is 17.2 Å². The number of carbonyl (C=O) groups excluding carboxylic acids is 1. The monoisotopic (exact) mass is 389 g/mol. The zero-order valence-electron chi connectivity index (χ0n) is 17.0. The summed E-state index contributed by atoms with van der Waals surface area (Å²) in [6.07, 6.45) is 1.58. The molecular formula is C20H27N3O5. The second kappa shape index (κ2) is 8.50. The zero-order valence-corrected chi connectivity index (χ0v) is 17.0. The molecular weight excluding hydrogens is 362 g/mol. The molecule has 2 aromatic rings. The van der Waals surface area contributed by atoms with Crippen molar-refractivity contribution in [2.75, 3.05) is 34.4 Å². The van der Waals surface area contributed by atoms with Crippen LogP contribution in [-0.2, 0) is 0 Å². The van der Waals surface area contributed by atoms with E-state index in [1.54, 1.807) is 12.1 Å². The van der Waals surface area contributed by atoms with E-state index in [2.05, 4.69) is 10.2 Å². The van der Waals surface area contributed by atoms with Crippen molar-refractivity contribution < 1.29 is 23.4 Å². The standard InChI is InChI=1S/C20H27N3O5/c1-12(2)18-21-22-19(28-18)13-6-8-23(9-7-13)20(24)14-10-15(25-3)17(27-5)16(11-14)26-4/h10-13H,6-9H2,1-5H3. The Balaban J connectivity index is 1.71. The first-order valence-corrected chi connectivity index (χ1v) is 9.41. The Morgan fingerprint density at radius 1 is 1.07 bits per heavy atom. The molecule has 8 nitrogen and oxygen atoms in total. The van der Waals surface area contributed by atoms with Crippen molar-refractivity contribution in [1.29, 1.82) is 0 Å². The molecule has 0 aliphatic carbocycles. The maximum absolute atomic E-state index is 13.0. The molecule has 28 heavy (non-hydrogen) atoms. The van der Waals surface area contributed by atoms with Crippen LogP contribution in [0.1, 0.15) is 60.7 Å². The second-order valence-corrected chi connectivity index (χ2v) is 7.11. The molecule has 1 fully saturated rings. The SMILES string of the molecule is COc1cc(C(=O)N2CCC(c3nnc(C(C)C)o3)CC2)cc(OC)c1OC. The number of likely N-dealkylation sites (tertiary alicyclic amines) is 1. The molecule has 0 radical (unpaired) electrons. The van der Waals surface area contributed by atoms with Gasteiger partial charge < -0.3 is 23.5 Å². The van der Waals surface area contributed by atoms with Crippen molar-refractivity contribution in [1.82, 2.24) is 15.1 Å². The summed E-state index contributed by atoms with van der Waals surface area (Å²) in [6.45, 7) is 5.30. The second-order valence-electron chi connectivity index (χ2n) is 7.11. The molecule has 1 saturated heterocycles. The topological polar surface area (TPSA) is 86.9 Å². The first kappa shape index (κ1) is 20.0. The Morgan fingerprint density at radius 3 is 2.14 bits per heavy atom. The first-order chi connectivity index (χ1) is 13.5. The lowest BCUT2D eigenvalue weighted by molar-refractivity contribution is 0.0705. The van der Waals surface area contributed by atoms with Crippen LogP contribution in [0.4, 0.5) is 0 Å². The molecule has 0 N–H and O–H groups in total. The van der Waals surface area contributed by atoms with Crippen LogP contribution in [-0.4, -0.2) is 55.4 Å². The van der Waals surface area contributed by atoms with Gasteiger partial charge >= 0.3 is 0 Å². The Morgan fingerprint density at radius 2 is 1.68 bits per heavy atom. The van der Waals surface area contributed by atoms with Gasteiger partial charge in [-0.3, -0.25) is 4.79 Å². The highest BCUT2D eigenvalue weighted by Crippen LogP contribution is 2.39. The molecule has 152 valence electrons. The van der Waals surface area contributed by atoms with Crippen molar-refractivity contribution in [3.63, 3.8) is 0 Å². The van der Waals surface area contributed by atoms with Crippen LogP contribution >= 0.6 is 0 Å². The van der Waals surface area contributed by atoms with Gasteiger partial charge in [0.2, 0.25) is 17.5 Å². The van der Waals surface area contributed by atoms with Gasteiger partial charge in [0.25, 0.3) is 5.91 Å². The minimum atomic E-state index is -0.0638. The number of hydrogen-bond acceptors (Lipinski definition) is 7. The fourth-order valence-corrected chi connectivity index (χ4v) is 3.36. The zero-order chi connectivity index (χ0) is 20.3. The predicted molar refractivity (Wildman–Crippen MR) is 102 cm³/mol. The van der Waals surface area contributed by atoms with Gasteiger partial charge in [0, 0.05) is 30.5 Å². The summed E-state index contributed by atoms with van der Waals surface area (Å²) in [5, 5.41) is 8.30. The van der Waals surface area contributed by atoms with Crippen LogP contribution in [0.25, 0.3) is 0 Å². The quantitative estimate of drug-likeness (QED) is 0.749. The van der Waals surface area contributed by atoms with Gasteiger partial charge in [-0.25, -0.2) is 0 Å². The molecule has 3 rings (SSSR count). The van der Waals surface area contributed by atoms with E-state index in [-0.39, 0.29) is 17.7 Å². The van der Waals surface area contributed by atoms with E-state index in [9.17, 15) is 4.79 Å². The van der Waals surface area contributed by atoms with Crippen LogP contribution < -0.4 is 14.2 Å². The Hall–Kier alpha value is -2.77. The average molecular weight is 389 g/mol. The molecule has 1 amide bonds. The van der Waals surface area contributed by atoms with Gasteiger partial charge in [-0.2, -0.15) is 0 Å². The van der Waals surface area contributed by atoms with E-state index in [4.69, 9.17) is 18.6 Å². The normalized spacial score (nSPS) is 15.0. The van der Waals surface area contributed by atoms with Gasteiger partial charge in [-0.1, -0.05) is 13.8 Å². The number of hydrogen-bond donors (Lipinski definition) is 0. The number of ether oxygens (including phenoxy) is 3. The van der Waals surface area contributed by atoms with Gasteiger partial charge in [0.05, 0.1) is 21.3 Å². The number of aromatic nitrogens is 2. The Kier molecular flexibility index (Phi) is 6.06. The van der Waals surface area contributed by atoms with Gasteiger partial charge in [-0.05, 0) is 25.0 Å². The van der Waals surface area contributed by atoms with Crippen molar-refractivity contribution >= 4 is 5.91 Å². The van der Waals surface area contributed by atoms with Gasteiger partial charge in [0.1, 0.15) is 0 Å². The summed E-state index contributed by atoms with van der Waals surface area (Å²) < 4.78 is 21.8. The summed E-state index contributed by atoms with van der Waals surface area (Å²) in [6, 6.07) is 3.37. The third-order valence-corrected chi connectivity index (χ3v) is 4.99. The lowest BCUT2D eigenvalue weighted by Gasteiger charge is -2.30. The van der Waals surface area contributed by atoms with Crippen LogP contribution in [0.15, 0.2) is 16.5 Å². The highest BCUT2D eigenvalue weighted by atomic mass is 16.5. The van der Waals surface area contributed by atoms with Crippen LogP contribution in [0.3, 0.4) is 0 Å². The molecule has 2 heterocycles. The van der Waals surface area contributed by atoms with E-state index in [1.807, 2.05) is 18.7 Å². The maximum atomic E-state index is 13.0. The van der Waals surface area contributed by atoms with Crippen LogP contribution in [0, 0.1) is 0 Å². The minimum absolute atomic E-state index is 0.0638. The predicted octanol–water partition coefficient (Wildman–Crippen LogP) is 3.24. The number of piperidine rings is 1. The molecule has 8 heteroatoms. The number of rotatable bonds is 6. The highest BCUT2D eigenvalue weighted by Gasteiger charge is 2.29. The molecule has 1 aliphatic heterocycles. The van der Waals surface area contributed by atoms with Crippen LogP contribution in [0.5, 0.6) is 17.2 Å². The number of amides is 1. The van der Waals surface area contributed by atoms with E-state index in [1.165, 1.54) is 21.3 Å². The number of methoxy groups -OCH3 is 3. The molecule has 0 spiro atoms. The van der Waals surface area contributed by atoms with Crippen molar-refractivity contribution in [2.24, 2.45) is 0 Å². The van der Waals surface area contributed by atoms with E-state index < -0.39 is 0 Å². The maximum Gasteiger partial charge on any atom is 0.254 e. The van der Waals surface area contributed by atoms with E-state index >= 15 is 0 Å². The van der Waals surface area contributed by atoms with E-state index in [0.717, 1.165) is 12.8 Å². The third-order valence-electron chi connectivity index (χ3n) is 4.99. The Labute approximate surface area is 164 Å². The molecule has 1 aromatic carbocycles.